The Bertz CT molecular complexity index is 617. The van der Waals surface area contributed by atoms with Crippen molar-refractivity contribution in [3.8, 4) is 5.75 Å². The third-order valence-electron chi connectivity index (χ3n) is 4.17. The number of hydrogen-bond donors (Lipinski definition) is 2. The average molecular weight is 315 g/mol. The molecule has 0 bridgehead atoms. The van der Waals surface area contributed by atoms with Crippen LogP contribution in [-0.2, 0) is 0 Å². The zero-order valence-electron chi connectivity index (χ0n) is 14.9. The minimum absolute atomic E-state index is 0.539. The van der Waals surface area contributed by atoms with Crippen molar-refractivity contribution >= 4 is 16.6 Å². The number of rotatable bonds is 8. The van der Waals surface area contributed by atoms with E-state index in [9.17, 15) is 0 Å². The van der Waals surface area contributed by atoms with Gasteiger partial charge in [0.25, 0.3) is 0 Å². The van der Waals surface area contributed by atoms with Crippen LogP contribution in [0, 0.1) is 11.8 Å². The molecule has 0 saturated carbocycles. The van der Waals surface area contributed by atoms with Gasteiger partial charge in [0.15, 0.2) is 0 Å². The molecule has 2 rings (SSSR count). The molecular formula is C19H29N3O. The van der Waals surface area contributed by atoms with Crippen LogP contribution in [-0.4, -0.2) is 31.2 Å². The van der Waals surface area contributed by atoms with Gasteiger partial charge in [-0.15, -0.1) is 0 Å². The van der Waals surface area contributed by atoms with E-state index in [1.165, 1.54) is 0 Å². The summed E-state index contributed by atoms with van der Waals surface area (Å²) in [4.78, 5) is 4.49. The second-order valence-corrected chi connectivity index (χ2v) is 6.64. The fraction of sp³-hybridized carbons (Fsp3) is 0.526. The van der Waals surface area contributed by atoms with Gasteiger partial charge in [0, 0.05) is 36.8 Å². The van der Waals surface area contributed by atoms with Gasteiger partial charge in [0.2, 0.25) is 0 Å². The molecule has 0 saturated heterocycles. The summed E-state index contributed by atoms with van der Waals surface area (Å²) in [6.07, 6.45) is 1.83. The largest absolute Gasteiger partial charge is 0.497 e. The minimum Gasteiger partial charge on any atom is -0.497 e. The number of aromatic nitrogens is 1. The minimum atomic E-state index is 0.539. The zero-order chi connectivity index (χ0) is 16.8. The molecule has 4 nitrogen and oxygen atoms in total. The summed E-state index contributed by atoms with van der Waals surface area (Å²) < 4.78 is 5.39. The number of fused-ring (bicyclic) bond motifs is 1. The molecule has 0 radical (unpaired) electrons. The Labute approximate surface area is 139 Å². The fourth-order valence-corrected chi connectivity index (χ4v) is 3.09. The smallest absolute Gasteiger partial charge is 0.121 e. The van der Waals surface area contributed by atoms with Crippen molar-refractivity contribution in [2.75, 3.05) is 25.5 Å². The van der Waals surface area contributed by atoms with Crippen molar-refractivity contribution in [2.24, 2.45) is 11.8 Å². The highest BCUT2D eigenvalue weighted by Gasteiger charge is 2.16. The number of ether oxygens (including phenoxy) is 1. The molecule has 4 heteroatoms. The highest BCUT2D eigenvalue weighted by Crippen LogP contribution is 2.27. The molecule has 126 valence electrons. The van der Waals surface area contributed by atoms with E-state index in [1.807, 2.05) is 24.4 Å². The molecule has 0 aliphatic heterocycles. The maximum atomic E-state index is 5.39. The van der Waals surface area contributed by atoms with Crippen molar-refractivity contribution in [1.82, 2.24) is 10.3 Å². The standard InChI is InChI=1S/C19H29N3O/c1-13(2)18(14(3)4)22-10-9-20-17-12-16(23-5)11-15-7-6-8-21-19(15)17/h6-8,11-14,18,20,22H,9-10H2,1-5H3. The van der Waals surface area contributed by atoms with Gasteiger partial charge >= 0.3 is 0 Å². The second-order valence-electron chi connectivity index (χ2n) is 6.64. The first-order valence-corrected chi connectivity index (χ1v) is 8.43. The van der Waals surface area contributed by atoms with Crippen LogP contribution < -0.4 is 15.4 Å². The molecule has 0 aliphatic rings. The van der Waals surface area contributed by atoms with Crippen LogP contribution in [0.15, 0.2) is 30.5 Å². The van der Waals surface area contributed by atoms with Gasteiger partial charge in [0.05, 0.1) is 18.3 Å². The summed E-state index contributed by atoms with van der Waals surface area (Å²) in [5.74, 6) is 2.12. The first-order valence-electron chi connectivity index (χ1n) is 8.43. The van der Waals surface area contributed by atoms with Gasteiger partial charge in [-0.3, -0.25) is 4.98 Å². The van der Waals surface area contributed by atoms with E-state index in [0.717, 1.165) is 35.4 Å². The van der Waals surface area contributed by atoms with Crippen LogP contribution in [0.4, 0.5) is 5.69 Å². The van der Waals surface area contributed by atoms with Crippen LogP contribution in [0.3, 0.4) is 0 Å². The number of benzene rings is 1. The molecule has 23 heavy (non-hydrogen) atoms. The molecule has 1 heterocycles. The van der Waals surface area contributed by atoms with Crippen molar-refractivity contribution in [1.29, 1.82) is 0 Å². The molecule has 1 aromatic carbocycles. The summed E-state index contributed by atoms with van der Waals surface area (Å²) in [5, 5.41) is 8.23. The number of methoxy groups -OCH3 is 1. The van der Waals surface area contributed by atoms with Crippen molar-refractivity contribution in [3.05, 3.63) is 30.5 Å². The molecule has 0 unspecified atom stereocenters. The molecule has 0 aliphatic carbocycles. The highest BCUT2D eigenvalue weighted by atomic mass is 16.5. The van der Waals surface area contributed by atoms with E-state index >= 15 is 0 Å². The maximum Gasteiger partial charge on any atom is 0.121 e. The molecule has 0 spiro atoms. The summed E-state index contributed by atoms with van der Waals surface area (Å²) in [5.41, 5.74) is 2.00. The highest BCUT2D eigenvalue weighted by molar-refractivity contribution is 5.91. The SMILES string of the molecule is COc1cc(NCCNC(C(C)C)C(C)C)c2ncccc2c1. The lowest BCUT2D eigenvalue weighted by molar-refractivity contribution is 0.319. The molecule has 2 aromatic rings. The van der Waals surface area contributed by atoms with E-state index < -0.39 is 0 Å². The van der Waals surface area contributed by atoms with E-state index in [0.29, 0.717) is 17.9 Å². The first-order chi connectivity index (χ1) is 11.0. The van der Waals surface area contributed by atoms with Gasteiger partial charge in [-0.1, -0.05) is 33.8 Å². The Morgan fingerprint density at radius 3 is 2.48 bits per heavy atom. The van der Waals surface area contributed by atoms with Crippen LogP contribution in [0.25, 0.3) is 10.9 Å². The quantitative estimate of drug-likeness (QED) is 0.725. The maximum absolute atomic E-state index is 5.39. The zero-order valence-corrected chi connectivity index (χ0v) is 14.9. The van der Waals surface area contributed by atoms with Crippen molar-refractivity contribution in [3.63, 3.8) is 0 Å². The number of hydrogen-bond acceptors (Lipinski definition) is 4. The van der Waals surface area contributed by atoms with Crippen molar-refractivity contribution < 1.29 is 4.74 Å². The normalized spacial score (nSPS) is 11.7. The summed E-state index contributed by atoms with van der Waals surface area (Å²) >= 11 is 0. The third-order valence-corrected chi connectivity index (χ3v) is 4.17. The first kappa shape index (κ1) is 17.5. The van der Waals surface area contributed by atoms with E-state index in [-0.39, 0.29) is 0 Å². The topological polar surface area (TPSA) is 46.2 Å². The van der Waals surface area contributed by atoms with Crippen LogP contribution in [0.5, 0.6) is 5.75 Å². The molecule has 1 aromatic heterocycles. The molecule has 0 atom stereocenters. The van der Waals surface area contributed by atoms with Crippen LogP contribution in [0.2, 0.25) is 0 Å². The second kappa shape index (κ2) is 8.16. The van der Waals surface area contributed by atoms with Gasteiger partial charge in [-0.2, -0.15) is 0 Å². The van der Waals surface area contributed by atoms with E-state index in [1.54, 1.807) is 7.11 Å². The Hall–Kier alpha value is -1.81. The van der Waals surface area contributed by atoms with Crippen molar-refractivity contribution in [2.45, 2.75) is 33.7 Å². The Morgan fingerprint density at radius 1 is 1.09 bits per heavy atom. The lowest BCUT2D eigenvalue weighted by Gasteiger charge is -2.26. The molecule has 0 amide bonds. The predicted molar refractivity (Wildman–Crippen MR) is 98.3 cm³/mol. The number of pyridine rings is 1. The molecule has 0 fully saturated rings. The lowest BCUT2D eigenvalue weighted by atomic mass is 9.93. The predicted octanol–water partition coefficient (Wildman–Crippen LogP) is 3.93. The molecular weight excluding hydrogens is 286 g/mol. The number of nitrogens with one attached hydrogen (secondary N) is 2. The number of anilines is 1. The van der Waals surface area contributed by atoms with Gasteiger partial charge in [-0.05, 0) is 24.0 Å². The Morgan fingerprint density at radius 2 is 1.83 bits per heavy atom. The summed E-state index contributed by atoms with van der Waals surface area (Å²) in [6, 6.07) is 8.57. The monoisotopic (exact) mass is 315 g/mol. The van der Waals surface area contributed by atoms with Gasteiger partial charge < -0.3 is 15.4 Å². The van der Waals surface area contributed by atoms with E-state index in [4.69, 9.17) is 4.74 Å². The molecule has 2 N–H and O–H groups in total. The summed E-state index contributed by atoms with van der Waals surface area (Å²) in [7, 11) is 1.69. The fourth-order valence-electron chi connectivity index (χ4n) is 3.09. The van der Waals surface area contributed by atoms with Crippen LogP contribution in [0.1, 0.15) is 27.7 Å². The van der Waals surface area contributed by atoms with Gasteiger partial charge in [-0.25, -0.2) is 0 Å². The average Bonchev–Trinajstić information content (AvgIpc) is 2.53. The van der Waals surface area contributed by atoms with E-state index in [2.05, 4.69) is 49.4 Å². The van der Waals surface area contributed by atoms with Gasteiger partial charge in [0.1, 0.15) is 5.75 Å². The number of nitrogens with zero attached hydrogens (tertiary/aromatic N) is 1. The Kier molecular flexibility index (Phi) is 6.22. The summed E-state index contributed by atoms with van der Waals surface area (Å²) in [6.45, 7) is 10.9. The Balaban J connectivity index is 2.02. The third kappa shape index (κ3) is 4.58. The lowest BCUT2D eigenvalue weighted by Crippen LogP contribution is -2.40. The van der Waals surface area contributed by atoms with Crippen LogP contribution >= 0.6 is 0 Å².